The highest BCUT2D eigenvalue weighted by molar-refractivity contribution is 6.02. The van der Waals surface area contributed by atoms with Crippen LogP contribution in [0.1, 0.15) is 16.1 Å². The fourth-order valence-electron chi connectivity index (χ4n) is 2.38. The van der Waals surface area contributed by atoms with Gasteiger partial charge in [0.1, 0.15) is 17.3 Å². The molecule has 6 nitrogen and oxygen atoms in total. The van der Waals surface area contributed by atoms with Gasteiger partial charge in [-0.05, 0) is 36.8 Å². The van der Waals surface area contributed by atoms with Crippen LogP contribution in [-0.2, 0) is 0 Å². The zero-order valence-electron chi connectivity index (χ0n) is 14.9. The summed E-state index contributed by atoms with van der Waals surface area (Å²) in [5.41, 5.74) is 1.03. The van der Waals surface area contributed by atoms with Gasteiger partial charge in [-0.2, -0.15) is 0 Å². The summed E-state index contributed by atoms with van der Waals surface area (Å²) in [5.74, 6) is -4.39. The molecule has 1 heterocycles. The van der Waals surface area contributed by atoms with E-state index in [1.807, 2.05) is 19.1 Å². The molecule has 0 fully saturated rings. The quantitative estimate of drug-likeness (QED) is 0.641. The number of nitrogens with one attached hydrogen (secondary N) is 2. The van der Waals surface area contributed by atoms with Gasteiger partial charge in [0.25, 0.3) is 5.91 Å². The lowest BCUT2D eigenvalue weighted by Gasteiger charge is -2.11. The number of aromatic nitrogens is 2. The molecule has 0 aliphatic heterocycles. The molecule has 1 aromatic heterocycles. The molecule has 2 N–H and O–H groups in total. The number of halogens is 3. The van der Waals surface area contributed by atoms with Crippen molar-refractivity contribution in [3.8, 4) is 5.75 Å². The van der Waals surface area contributed by atoms with Crippen molar-refractivity contribution < 1.29 is 22.7 Å². The van der Waals surface area contributed by atoms with Crippen molar-refractivity contribution in [3.63, 3.8) is 0 Å². The lowest BCUT2D eigenvalue weighted by Crippen LogP contribution is -2.16. The molecule has 0 atom stereocenters. The Labute approximate surface area is 158 Å². The largest absolute Gasteiger partial charge is 0.495 e. The van der Waals surface area contributed by atoms with Crippen LogP contribution < -0.4 is 15.4 Å². The molecule has 0 saturated carbocycles. The third-order valence-corrected chi connectivity index (χ3v) is 3.79. The van der Waals surface area contributed by atoms with Gasteiger partial charge in [-0.15, -0.1) is 0 Å². The van der Waals surface area contributed by atoms with E-state index in [-0.39, 0.29) is 5.69 Å². The zero-order valence-corrected chi connectivity index (χ0v) is 14.9. The van der Waals surface area contributed by atoms with Gasteiger partial charge < -0.3 is 15.4 Å². The molecule has 9 heteroatoms. The van der Waals surface area contributed by atoms with Crippen LogP contribution in [0.4, 0.5) is 30.4 Å². The van der Waals surface area contributed by atoms with Crippen molar-refractivity contribution >= 4 is 23.1 Å². The summed E-state index contributed by atoms with van der Waals surface area (Å²) >= 11 is 0. The summed E-state index contributed by atoms with van der Waals surface area (Å²) < 4.78 is 45.1. The Balaban J connectivity index is 1.75. The standard InChI is InChI=1S/C19H15F3N4O2/c1-10-3-6-15(28-2)13(7-10)25-16-9-23-14(8-24-16)19(27)26-12-5-4-11(20)17(21)18(12)22/h3-9H,1-2H3,(H,24,25)(H,26,27). The van der Waals surface area contributed by atoms with Crippen LogP contribution >= 0.6 is 0 Å². The lowest BCUT2D eigenvalue weighted by molar-refractivity contribution is 0.102. The highest BCUT2D eigenvalue weighted by atomic mass is 19.2. The van der Waals surface area contributed by atoms with E-state index in [4.69, 9.17) is 4.74 Å². The van der Waals surface area contributed by atoms with Crippen molar-refractivity contribution in [2.24, 2.45) is 0 Å². The molecule has 0 bridgehead atoms. The van der Waals surface area contributed by atoms with Crippen LogP contribution in [0, 0.1) is 24.4 Å². The number of carbonyl (C=O) groups excluding carboxylic acids is 1. The Bertz CT molecular complexity index is 1030. The Hall–Kier alpha value is -3.62. The molecule has 0 saturated heterocycles. The molecule has 28 heavy (non-hydrogen) atoms. The highest BCUT2D eigenvalue weighted by Crippen LogP contribution is 2.27. The van der Waals surface area contributed by atoms with Crippen LogP contribution in [0.25, 0.3) is 0 Å². The number of benzene rings is 2. The summed E-state index contributed by atoms with van der Waals surface area (Å²) in [6, 6.07) is 7.16. The number of ether oxygens (including phenoxy) is 1. The molecular formula is C19H15F3N4O2. The number of anilines is 3. The summed E-state index contributed by atoms with van der Waals surface area (Å²) in [5, 5.41) is 5.15. The van der Waals surface area contributed by atoms with E-state index in [1.165, 1.54) is 13.3 Å². The van der Waals surface area contributed by atoms with E-state index in [1.54, 1.807) is 6.07 Å². The molecule has 0 spiro atoms. The molecule has 3 rings (SSSR count). The van der Waals surface area contributed by atoms with Crippen molar-refractivity contribution in [3.05, 3.63) is 71.4 Å². The van der Waals surface area contributed by atoms with Gasteiger partial charge in [-0.25, -0.2) is 23.1 Å². The summed E-state index contributed by atoms with van der Waals surface area (Å²) in [4.78, 5) is 20.2. The molecule has 0 aliphatic carbocycles. The fraction of sp³-hybridized carbons (Fsp3) is 0.105. The van der Waals surface area contributed by atoms with Crippen LogP contribution in [-0.4, -0.2) is 23.0 Å². The number of nitrogens with zero attached hydrogens (tertiary/aromatic N) is 2. The Kier molecular flexibility index (Phi) is 5.44. The zero-order chi connectivity index (χ0) is 20.3. The minimum absolute atomic E-state index is 0.133. The first kappa shape index (κ1) is 19.2. The normalized spacial score (nSPS) is 10.5. The third-order valence-electron chi connectivity index (χ3n) is 3.79. The second-order valence-electron chi connectivity index (χ2n) is 5.79. The van der Waals surface area contributed by atoms with Gasteiger partial charge in [0.15, 0.2) is 17.5 Å². The monoisotopic (exact) mass is 388 g/mol. The molecule has 0 unspecified atom stereocenters. The lowest BCUT2D eigenvalue weighted by atomic mass is 10.2. The minimum atomic E-state index is -1.67. The van der Waals surface area contributed by atoms with Crippen LogP contribution in [0.15, 0.2) is 42.7 Å². The smallest absolute Gasteiger partial charge is 0.275 e. The molecule has 3 aromatic rings. The summed E-state index contributed by atoms with van der Waals surface area (Å²) in [7, 11) is 1.53. The van der Waals surface area contributed by atoms with Gasteiger partial charge in [-0.3, -0.25) is 4.79 Å². The van der Waals surface area contributed by atoms with Crippen LogP contribution in [0.3, 0.4) is 0 Å². The number of hydrogen-bond donors (Lipinski definition) is 2. The van der Waals surface area contributed by atoms with Gasteiger partial charge >= 0.3 is 0 Å². The van der Waals surface area contributed by atoms with E-state index in [0.717, 1.165) is 17.8 Å². The average molecular weight is 388 g/mol. The maximum absolute atomic E-state index is 13.7. The molecule has 0 aliphatic rings. The molecule has 1 amide bonds. The predicted molar refractivity (Wildman–Crippen MR) is 97.3 cm³/mol. The minimum Gasteiger partial charge on any atom is -0.495 e. The Morgan fingerprint density at radius 1 is 1.00 bits per heavy atom. The summed E-state index contributed by atoms with van der Waals surface area (Å²) in [6.07, 6.45) is 2.47. The van der Waals surface area contributed by atoms with Gasteiger partial charge in [0, 0.05) is 0 Å². The van der Waals surface area contributed by atoms with E-state index in [2.05, 4.69) is 20.6 Å². The van der Waals surface area contributed by atoms with E-state index in [9.17, 15) is 18.0 Å². The van der Waals surface area contributed by atoms with E-state index < -0.39 is 29.0 Å². The van der Waals surface area contributed by atoms with Crippen molar-refractivity contribution in [1.29, 1.82) is 0 Å². The van der Waals surface area contributed by atoms with Crippen LogP contribution in [0.2, 0.25) is 0 Å². The molecule has 0 radical (unpaired) electrons. The number of methoxy groups -OCH3 is 1. The Morgan fingerprint density at radius 3 is 2.46 bits per heavy atom. The van der Waals surface area contributed by atoms with Gasteiger partial charge in [0.05, 0.1) is 30.9 Å². The molecule has 2 aromatic carbocycles. The SMILES string of the molecule is COc1ccc(C)cc1Nc1cnc(C(=O)Nc2ccc(F)c(F)c2F)cn1. The second kappa shape index (κ2) is 7.95. The second-order valence-corrected chi connectivity index (χ2v) is 5.79. The van der Waals surface area contributed by atoms with Crippen molar-refractivity contribution in [2.75, 3.05) is 17.7 Å². The maximum atomic E-state index is 13.7. The first-order valence-electron chi connectivity index (χ1n) is 8.07. The highest BCUT2D eigenvalue weighted by Gasteiger charge is 2.17. The average Bonchev–Trinajstić information content (AvgIpc) is 2.69. The third kappa shape index (κ3) is 4.03. The Morgan fingerprint density at radius 2 is 1.79 bits per heavy atom. The first-order chi connectivity index (χ1) is 13.4. The number of rotatable bonds is 5. The number of aryl methyl sites for hydroxylation is 1. The fourth-order valence-corrected chi connectivity index (χ4v) is 2.38. The van der Waals surface area contributed by atoms with Crippen molar-refractivity contribution in [1.82, 2.24) is 9.97 Å². The van der Waals surface area contributed by atoms with E-state index >= 15 is 0 Å². The number of amides is 1. The first-order valence-corrected chi connectivity index (χ1v) is 8.07. The summed E-state index contributed by atoms with van der Waals surface area (Å²) in [6.45, 7) is 1.92. The maximum Gasteiger partial charge on any atom is 0.275 e. The molecular weight excluding hydrogens is 373 g/mol. The van der Waals surface area contributed by atoms with Crippen molar-refractivity contribution in [2.45, 2.75) is 6.92 Å². The van der Waals surface area contributed by atoms with Gasteiger partial charge in [0.2, 0.25) is 0 Å². The predicted octanol–water partition coefficient (Wildman–Crippen LogP) is 4.21. The number of carbonyl (C=O) groups is 1. The topological polar surface area (TPSA) is 76.1 Å². The van der Waals surface area contributed by atoms with E-state index in [0.29, 0.717) is 23.3 Å². The number of hydrogen-bond acceptors (Lipinski definition) is 5. The molecule has 144 valence electrons. The van der Waals surface area contributed by atoms with Crippen LogP contribution in [0.5, 0.6) is 5.75 Å². The van der Waals surface area contributed by atoms with Gasteiger partial charge in [-0.1, -0.05) is 6.07 Å².